The van der Waals surface area contributed by atoms with E-state index in [0.717, 1.165) is 25.4 Å². The van der Waals surface area contributed by atoms with Gasteiger partial charge in [-0.15, -0.1) is 0 Å². The molecule has 1 saturated heterocycles. The van der Waals surface area contributed by atoms with Crippen molar-refractivity contribution in [3.63, 3.8) is 0 Å². The Morgan fingerprint density at radius 1 is 1.20 bits per heavy atom. The van der Waals surface area contributed by atoms with E-state index in [-0.39, 0.29) is 11.5 Å². The van der Waals surface area contributed by atoms with Gasteiger partial charge in [-0.2, -0.15) is 0 Å². The van der Waals surface area contributed by atoms with Crippen molar-refractivity contribution in [3.05, 3.63) is 64.4 Å². The van der Waals surface area contributed by atoms with Crippen LogP contribution in [0.25, 0.3) is 0 Å². The standard InChI is InChI=1S/C19H20ClFN2O2/c1-25-16-5-2-14(3-6-16)13-22-8-10-23(11-9-22)19(24)17-12-15(20)4-7-18(17)21/h2-7,12H,8-11,13H2,1H3/p+1. The second-order valence-electron chi connectivity index (χ2n) is 6.19. The summed E-state index contributed by atoms with van der Waals surface area (Å²) in [7, 11) is 1.65. The van der Waals surface area contributed by atoms with E-state index in [2.05, 4.69) is 12.1 Å². The molecule has 3 rings (SSSR count). The lowest BCUT2D eigenvalue weighted by Gasteiger charge is -2.32. The molecule has 0 aromatic heterocycles. The Balaban J connectivity index is 1.57. The smallest absolute Gasteiger partial charge is 0.257 e. The van der Waals surface area contributed by atoms with E-state index in [0.29, 0.717) is 18.1 Å². The first-order chi connectivity index (χ1) is 12.1. The lowest BCUT2D eigenvalue weighted by Crippen LogP contribution is -3.13. The average Bonchev–Trinajstić information content (AvgIpc) is 2.64. The van der Waals surface area contributed by atoms with Gasteiger partial charge in [0.15, 0.2) is 0 Å². The van der Waals surface area contributed by atoms with Gasteiger partial charge in [0.1, 0.15) is 18.1 Å². The molecule has 6 heteroatoms. The maximum absolute atomic E-state index is 13.9. The zero-order valence-corrected chi connectivity index (χ0v) is 14.9. The number of rotatable bonds is 4. The van der Waals surface area contributed by atoms with E-state index in [1.165, 1.54) is 28.7 Å². The number of ether oxygens (including phenoxy) is 1. The van der Waals surface area contributed by atoms with E-state index >= 15 is 0 Å². The molecule has 0 aliphatic carbocycles. The fourth-order valence-corrected chi connectivity index (χ4v) is 3.24. The first-order valence-corrected chi connectivity index (χ1v) is 8.65. The van der Waals surface area contributed by atoms with Crippen molar-refractivity contribution in [1.29, 1.82) is 0 Å². The van der Waals surface area contributed by atoms with Crippen molar-refractivity contribution in [2.45, 2.75) is 6.54 Å². The maximum Gasteiger partial charge on any atom is 0.257 e. The van der Waals surface area contributed by atoms with Gasteiger partial charge in [0.25, 0.3) is 5.91 Å². The molecule has 1 aliphatic rings. The molecule has 1 N–H and O–H groups in total. The van der Waals surface area contributed by atoms with Crippen LogP contribution in [0.5, 0.6) is 5.75 Å². The summed E-state index contributed by atoms with van der Waals surface area (Å²) in [5.74, 6) is 0.0311. The SMILES string of the molecule is COc1ccc(C[NH+]2CCN(C(=O)c3cc(Cl)ccc3F)CC2)cc1. The third-order valence-electron chi connectivity index (χ3n) is 4.53. The molecule has 2 aromatic carbocycles. The van der Waals surface area contributed by atoms with Crippen LogP contribution in [0.4, 0.5) is 4.39 Å². The summed E-state index contributed by atoms with van der Waals surface area (Å²) in [6.07, 6.45) is 0. The number of piperazine rings is 1. The molecule has 0 unspecified atom stereocenters. The van der Waals surface area contributed by atoms with Gasteiger partial charge in [-0.05, 0) is 42.5 Å². The Morgan fingerprint density at radius 2 is 1.88 bits per heavy atom. The van der Waals surface area contributed by atoms with Crippen LogP contribution in [0.15, 0.2) is 42.5 Å². The number of quaternary nitrogens is 1. The summed E-state index contributed by atoms with van der Waals surface area (Å²) in [4.78, 5) is 15.6. The highest BCUT2D eigenvalue weighted by Crippen LogP contribution is 2.17. The van der Waals surface area contributed by atoms with Crippen LogP contribution in [-0.2, 0) is 6.54 Å². The maximum atomic E-state index is 13.9. The Kier molecular flexibility index (Phi) is 5.56. The average molecular weight is 364 g/mol. The molecule has 1 aliphatic heterocycles. The quantitative estimate of drug-likeness (QED) is 0.902. The first kappa shape index (κ1) is 17.7. The summed E-state index contributed by atoms with van der Waals surface area (Å²) in [6.45, 7) is 3.78. The van der Waals surface area contributed by atoms with Crippen molar-refractivity contribution in [1.82, 2.24) is 4.90 Å². The lowest BCUT2D eigenvalue weighted by atomic mass is 10.1. The van der Waals surface area contributed by atoms with E-state index in [9.17, 15) is 9.18 Å². The van der Waals surface area contributed by atoms with Crippen LogP contribution < -0.4 is 9.64 Å². The van der Waals surface area contributed by atoms with Crippen molar-refractivity contribution in [2.75, 3.05) is 33.3 Å². The second-order valence-corrected chi connectivity index (χ2v) is 6.63. The number of nitrogens with one attached hydrogen (secondary N) is 1. The van der Waals surface area contributed by atoms with Gasteiger partial charge in [0, 0.05) is 10.6 Å². The highest BCUT2D eigenvalue weighted by Gasteiger charge is 2.26. The Labute approximate surface area is 151 Å². The molecule has 0 bridgehead atoms. The minimum Gasteiger partial charge on any atom is -0.497 e. The van der Waals surface area contributed by atoms with Crippen molar-refractivity contribution >= 4 is 17.5 Å². The van der Waals surface area contributed by atoms with Crippen LogP contribution in [0.1, 0.15) is 15.9 Å². The van der Waals surface area contributed by atoms with Gasteiger partial charge < -0.3 is 14.5 Å². The molecule has 1 fully saturated rings. The fourth-order valence-electron chi connectivity index (χ4n) is 3.07. The van der Waals surface area contributed by atoms with E-state index in [1.54, 1.807) is 12.0 Å². The molecule has 0 radical (unpaired) electrons. The number of benzene rings is 2. The number of amides is 1. The summed E-state index contributed by atoms with van der Waals surface area (Å²) in [6, 6.07) is 12.1. The van der Waals surface area contributed by atoms with E-state index in [1.807, 2.05) is 12.1 Å². The Bertz CT molecular complexity index is 744. The molecular formula is C19H21ClFN2O2+. The van der Waals surface area contributed by atoms with Crippen LogP contribution >= 0.6 is 11.6 Å². The summed E-state index contributed by atoms with van der Waals surface area (Å²) in [5, 5.41) is 0.369. The number of halogens is 2. The number of nitrogens with zero attached hydrogens (tertiary/aromatic N) is 1. The van der Waals surface area contributed by atoms with Crippen molar-refractivity contribution < 1.29 is 18.8 Å². The molecule has 132 valence electrons. The number of carbonyl (C=O) groups is 1. The molecule has 25 heavy (non-hydrogen) atoms. The van der Waals surface area contributed by atoms with Gasteiger partial charge in [-0.3, -0.25) is 4.79 Å². The lowest BCUT2D eigenvalue weighted by molar-refractivity contribution is -0.917. The minimum atomic E-state index is -0.526. The molecule has 0 spiro atoms. The van der Waals surface area contributed by atoms with E-state index in [4.69, 9.17) is 16.3 Å². The summed E-state index contributed by atoms with van der Waals surface area (Å²) in [5.41, 5.74) is 1.28. The van der Waals surface area contributed by atoms with Crippen LogP contribution in [0, 0.1) is 5.82 Å². The predicted octanol–water partition coefficient (Wildman–Crippen LogP) is 2.03. The predicted molar refractivity (Wildman–Crippen MR) is 94.7 cm³/mol. The molecule has 1 heterocycles. The first-order valence-electron chi connectivity index (χ1n) is 8.27. The molecule has 0 atom stereocenters. The largest absolute Gasteiger partial charge is 0.497 e. The van der Waals surface area contributed by atoms with Gasteiger partial charge >= 0.3 is 0 Å². The Hall–Kier alpha value is -2.11. The monoisotopic (exact) mass is 363 g/mol. The third-order valence-corrected chi connectivity index (χ3v) is 4.76. The third kappa shape index (κ3) is 4.30. The molecule has 4 nitrogen and oxygen atoms in total. The van der Waals surface area contributed by atoms with Gasteiger partial charge in [0.05, 0.1) is 38.9 Å². The molecule has 1 amide bonds. The fraction of sp³-hybridized carbons (Fsp3) is 0.316. The van der Waals surface area contributed by atoms with Crippen LogP contribution in [0.3, 0.4) is 0 Å². The molecular weight excluding hydrogens is 343 g/mol. The van der Waals surface area contributed by atoms with Crippen LogP contribution in [0.2, 0.25) is 5.02 Å². The summed E-state index contributed by atoms with van der Waals surface area (Å²) < 4.78 is 19.0. The Morgan fingerprint density at radius 3 is 2.52 bits per heavy atom. The number of hydrogen-bond acceptors (Lipinski definition) is 2. The van der Waals surface area contributed by atoms with Crippen molar-refractivity contribution in [2.24, 2.45) is 0 Å². The minimum absolute atomic E-state index is 0.0473. The normalized spacial score (nSPS) is 15.2. The second kappa shape index (κ2) is 7.85. The number of carbonyl (C=O) groups excluding carboxylic acids is 1. The number of methoxy groups -OCH3 is 1. The van der Waals surface area contributed by atoms with E-state index < -0.39 is 5.82 Å². The van der Waals surface area contributed by atoms with Crippen molar-refractivity contribution in [3.8, 4) is 5.75 Å². The topological polar surface area (TPSA) is 34.0 Å². The van der Waals surface area contributed by atoms with Gasteiger partial charge in [-0.25, -0.2) is 4.39 Å². The highest BCUT2D eigenvalue weighted by atomic mass is 35.5. The molecule has 0 saturated carbocycles. The van der Waals surface area contributed by atoms with Crippen LogP contribution in [-0.4, -0.2) is 44.1 Å². The zero-order valence-electron chi connectivity index (χ0n) is 14.1. The van der Waals surface area contributed by atoms with Gasteiger partial charge in [-0.1, -0.05) is 11.6 Å². The highest BCUT2D eigenvalue weighted by molar-refractivity contribution is 6.31. The van der Waals surface area contributed by atoms with Gasteiger partial charge in [0.2, 0.25) is 0 Å². The number of hydrogen-bond donors (Lipinski definition) is 1. The molecule has 2 aromatic rings. The summed E-state index contributed by atoms with van der Waals surface area (Å²) >= 11 is 5.88. The zero-order chi connectivity index (χ0) is 17.8.